The number of imidazole rings is 2. The predicted molar refractivity (Wildman–Crippen MR) is 264 cm³/mol. The highest BCUT2D eigenvalue weighted by atomic mass is 16.5. The van der Waals surface area contributed by atoms with Crippen molar-refractivity contribution in [2.45, 2.75) is 19.9 Å². The number of benzene rings is 4. The van der Waals surface area contributed by atoms with Crippen molar-refractivity contribution >= 4 is 56.9 Å². The number of nitrogens with zero attached hydrogens (tertiary/aromatic N) is 10. The molecular weight excluding hydrogens is 861 g/mol. The quantitative estimate of drug-likeness (QED) is 0.125. The smallest absolute Gasteiger partial charge is 0.271 e. The number of nitrogens with two attached hydrogens (primary N) is 2. The van der Waals surface area contributed by atoms with Gasteiger partial charge in [0.15, 0.2) is 23.0 Å². The third-order valence-electron chi connectivity index (χ3n) is 11.9. The van der Waals surface area contributed by atoms with Gasteiger partial charge in [-0.15, -0.1) is 0 Å². The van der Waals surface area contributed by atoms with Gasteiger partial charge in [0.05, 0.1) is 90.0 Å². The molecule has 1 unspecified atom stereocenters. The second-order valence-electron chi connectivity index (χ2n) is 16.7. The standard InChI is InChI=1S/C25H27N7O2.C20H18N6O.C5H11NO/c1-15-21(18-5-4-6-19-22(18)27-14-32(19)3)30-23(24(26)33)25(28-15)29-17-9-7-16(8-10-17)20-13-34-12-11-31(20)2;1-12-16(14-9-6-10-15-17(14)22-11-26(15)2)25-18(19(21)27)20(23-12)24-13-7-4-3-5-8-13;1-6-2-4-7-5-3-6/h4-10,14,20H,11-13H2,1-3H3,(H2,26,33)(H,28,29);3-11H,1-2H3,(H2,21,27)(H,23,24);2-5H2,1H3. The molecule has 2 saturated heterocycles. The number of para-hydroxylation sites is 3. The second kappa shape index (κ2) is 20.9. The summed E-state index contributed by atoms with van der Waals surface area (Å²) in [5, 5.41) is 6.34. The van der Waals surface area contributed by atoms with Crippen LogP contribution in [-0.2, 0) is 23.6 Å². The summed E-state index contributed by atoms with van der Waals surface area (Å²) < 4.78 is 14.6. The predicted octanol–water partition coefficient (Wildman–Crippen LogP) is 6.31. The zero-order valence-corrected chi connectivity index (χ0v) is 39.1. The molecule has 0 bridgehead atoms. The summed E-state index contributed by atoms with van der Waals surface area (Å²) in [5.74, 6) is -0.631. The zero-order valence-electron chi connectivity index (χ0n) is 39.1. The molecule has 68 heavy (non-hydrogen) atoms. The SMILES string of the molecule is CN1CCOCC1.Cc1nc(Nc2ccc(C3COCCN3C)cc2)c(C(N)=O)nc1-c1cccc2c1ncn2C.Cc1nc(Nc2ccccc2)c(C(N)=O)nc1-c1cccc2c1ncn2C. The van der Waals surface area contributed by atoms with Crippen LogP contribution in [0.4, 0.5) is 23.0 Å². The van der Waals surface area contributed by atoms with E-state index in [0.29, 0.717) is 41.0 Å². The van der Waals surface area contributed by atoms with Crippen LogP contribution in [0.3, 0.4) is 0 Å². The Morgan fingerprint density at radius 1 is 0.588 bits per heavy atom. The highest BCUT2D eigenvalue weighted by molar-refractivity contribution is 5.99. The van der Waals surface area contributed by atoms with Crippen molar-refractivity contribution in [2.24, 2.45) is 25.6 Å². The van der Waals surface area contributed by atoms with Gasteiger partial charge in [-0.2, -0.15) is 0 Å². The van der Waals surface area contributed by atoms with Gasteiger partial charge in [0.1, 0.15) is 0 Å². The van der Waals surface area contributed by atoms with E-state index in [1.807, 2.05) is 116 Å². The number of aromatic nitrogens is 8. The number of primary amides is 2. The molecule has 0 spiro atoms. The summed E-state index contributed by atoms with van der Waals surface area (Å²) in [6.07, 6.45) is 3.50. The van der Waals surface area contributed by atoms with Crippen molar-refractivity contribution in [2.75, 3.05) is 70.8 Å². The molecule has 350 valence electrons. The fraction of sp³-hybridized carbons (Fsp3) is 0.280. The molecule has 0 saturated carbocycles. The number of fused-ring (bicyclic) bond motifs is 2. The zero-order chi connectivity index (χ0) is 47.9. The highest BCUT2D eigenvalue weighted by Crippen LogP contribution is 2.32. The van der Waals surface area contributed by atoms with E-state index >= 15 is 0 Å². The topological polar surface area (TPSA) is 222 Å². The van der Waals surface area contributed by atoms with Gasteiger partial charge in [-0.05, 0) is 69.9 Å². The van der Waals surface area contributed by atoms with E-state index in [1.165, 1.54) is 5.56 Å². The van der Waals surface area contributed by atoms with E-state index in [9.17, 15) is 9.59 Å². The van der Waals surface area contributed by atoms with Crippen LogP contribution >= 0.6 is 0 Å². The summed E-state index contributed by atoms with van der Waals surface area (Å²) in [6.45, 7) is 10.1. The van der Waals surface area contributed by atoms with Gasteiger partial charge in [0.25, 0.3) is 11.8 Å². The number of carbonyl (C=O) groups is 2. The van der Waals surface area contributed by atoms with E-state index < -0.39 is 11.8 Å². The van der Waals surface area contributed by atoms with Gasteiger partial charge in [-0.3, -0.25) is 14.5 Å². The normalized spacial score (nSPS) is 15.2. The van der Waals surface area contributed by atoms with Crippen molar-refractivity contribution in [1.29, 1.82) is 0 Å². The fourth-order valence-corrected chi connectivity index (χ4v) is 8.04. The lowest BCUT2D eigenvalue weighted by Crippen LogP contribution is -2.36. The Labute approximate surface area is 394 Å². The number of likely N-dealkylation sites (N-methyl/N-ethyl adjacent to an activating group) is 2. The monoisotopic (exact) mass is 916 g/mol. The van der Waals surface area contributed by atoms with Gasteiger partial charge >= 0.3 is 0 Å². The molecule has 6 N–H and O–H groups in total. The summed E-state index contributed by atoms with van der Waals surface area (Å²) >= 11 is 0. The molecule has 4 aromatic carbocycles. The van der Waals surface area contributed by atoms with Gasteiger partial charge < -0.3 is 45.6 Å². The van der Waals surface area contributed by atoms with Crippen LogP contribution in [0.2, 0.25) is 0 Å². The fourth-order valence-electron chi connectivity index (χ4n) is 8.04. The number of hydrogen-bond acceptors (Lipinski definition) is 14. The summed E-state index contributed by atoms with van der Waals surface area (Å²) in [4.78, 5) is 56.3. The Hall–Kier alpha value is -7.64. The van der Waals surface area contributed by atoms with Crippen molar-refractivity contribution in [3.63, 3.8) is 0 Å². The van der Waals surface area contributed by atoms with E-state index in [-0.39, 0.29) is 17.4 Å². The van der Waals surface area contributed by atoms with Gasteiger partial charge in [-0.1, -0.05) is 54.6 Å². The number of anilines is 4. The molecule has 18 heteroatoms. The molecule has 0 aliphatic carbocycles. The first-order chi connectivity index (χ1) is 32.9. The molecule has 1 atom stereocenters. The number of nitrogens with one attached hydrogen (secondary N) is 2. The number of carbonyl (C=O) groups excluding carboxylic acids is 2. The number of amides is 2. The minimum absolute atomic E-state index is 0.0815. The minimum Gasteiger partial charge on any atom is -0.379 e. The lowest BCUT2D eigenvalue weighted by atomic mass is 10.0. The molecule has 0 radical (unpaired) electrons. The molecular formula is C50H56N14O4. The maximum Gasteiger partial charge on any atom is 0.271 e. The minimum atomic E-state index is -0.651. The maximum atomic E-state index is 12.3. The summed E-state index contributed by atoms with van der Waals surface area (Å²) in [7, 11) is 8.08. The number of hydrogen-bond donors (Lipinski definition) is 4. The Morgan fingerprint density at radius 3 is 1.53 bits per heavy atom. The Kier molecular flexibility index (Phi) is 14.4. The first-order valence-electron chi connectivity index (χ1n) is 22.3. The molecule has 2 amide bonds. The van der Waals surface area contributed by atoms with Crippen molar-refractivity contribution < 1.29 is 19.1 Å². The molecule has 2 aliphatic rings. The van der Waals surface area contributed by atoms with Gasteiger partial charge in [0.2, 0.25) is 0 Å². The molecule has 6 heterocycles. The van der Waals surface area contributed by atoms with E-state index in [0.717, 1.165) is 84.0 Å². The lowest BCUT2D eigenvalue weighted by molar-refractivity contribution is 0.00506. The molecule has 8 aromatic rings. The van der Waals surface area contributed by atoms with Crippen molar-refractivity contribution in [1.82, 2.24) is 48.8 Å². The molecule has 10 rings (SSSR count). The largest absolute Gasteiger partial charge is 0.379 e. The first kappa shape index (κ1) is 46.9. The Morgan fingerprint density at radius 2 is 1.07 bits per heavy atom. The van der Waals surface area contributed by atoms with Crippen LogP contribution in [0.15, 0.2) is 104 Å². The average Bonchev–Trinajstić information content (AvgIpc) is 3.92. The summed E-state index contributed by atoms with van der Waals surface area (Å²) in [6, 6.07) is 29.4. The van der Waals surface area contributed by atoms with E-state index in [1.54, 1.807) is 12.7 Å². The molecule has 2 fully saturated rings. The first-order valence-corrected chi connectivity index (χ1v) is 22.3. The number of rotatable bonds is 9. The number of ether oxygens (including phenoxy) is 2. The maximum absolute atomic E-state index is 12.3. The second-order valence-corrected chi connectivity index (χ2v) is 16.7. The third-order valence-corrected chi connectivity index (χ3v) is 11.9. The molecule has 4 aromatic heterocycles. The van der Waals surface area contributed by atoms with Crippen LogP contribution in [0.5, 0.6) is 0 Å². The van der Waals surface area contributed by atoms with Crippen LogP contribution < -0.4 is 22.1 Å². The van der Waals surface area contributed by atoms with Crippen molar-refractivity contribution in [3.8, 4) is 22.5 Å². The van der Waals surface area contributed by atoms with Crippen molar-refractivity contribution in [3.05, 3.63) is 132 Å². The summed E-state index contributed by atoms with van der Waals surface area (Å²) in [5.41, 5.74) is 21.9. The Balaban J connectivity index is 0.000000164. The number of aryl methyl sites for hydroxylation is 4. The van der Waals surface area contributed by atoms with Crippen LogP contribution in [-0.4, -0.2) is 121 Å². The molecule has 2 aliphatic heterocycles. The van der Waals surface area contributed by atoms with E-state index in [2.05, 4.69) is 76.6 Å². The van der Waals surface area contributed by atoms with Crippen LogP contribution in [0.25, 0.3) is 44.6 Å². The third kappa shape index (κ3) is 10.5. The van der Waals surface area contributed by atoms with Crippen LogP contribution in [0.1, 0.15) is 44.0 Å². The number of morpholine rings is 2. The van der Waals surface area contributed by atoms with Gasteiger partial charge in [-0.25, -0.2) is 29.9 Å². The van der Waals surface area contributed by atoms with Gasteiger partial charge in [0, 0.05) is 56.2 Å². The highest BCUT2D eigenvalue weighted by Gasteiger charge is 2.23. The Bertz CT molecular complexity index is 3060. The van der Waals surface area contributed by atoms with E-state index in [4.69, 9.17) is 20.9 Å². The lowest BCUT2D eigenvalue weighted by Gasteiger charge is -2.32. The molecule has 18 nitrogen and oxygen atoms in total. The average molecular weight is 917 g/mol. The van der Waals surface area contributed by atoms with Crippen LogP contribution in [0, 0.1) is 13.8 Å².